The Labute approximate surface area is 133 Å². The number of rotatable bonds is 2. The van der Waals surface area contributed by atoms with E-state index in [1.54, 1.807) is 0 Å². The fourth-order valence-corrected chi connectivity index (χ4v) is 4.03. The van der Waals surface area contributed by atoms with Gasteiger partial charge in [0, 0.05) is 10.5 Å². The lowest BCUT2D eigenvalue weighted by Gasteiger charge is -2.36. The summed E-state index contributed by atoms with van der Waals surface area (Å²) < 4.78 is 3.48. The molecule has 108 valence electrons. The maximum Gasteiger partial charge on any atom is 0.125 e. The van der Waals surface area contributed by atoms with E-state index >= 15 is 0 Å². The van der Waals surface area contributed by atoms with Crippen LogP contribution in [0.1, 0.15) is 51.4 Å². The van der Waals surface area contributed by atoms with E-state index in [1.807, 2.05) is 6.07 Å². The average Bonchev–Trinajstić information content (AvgIpc) is 2.75. The number of nitrogens with zero attached hydrogens (tertiary/aromatic N) is 2. The highest BCUT2D eigenvalue weighted by Gasteiger charge is 2.30. The van der Waals surface area contributed by atoms with Crippen molar-refractivity contribution >= 4 is 38.6 Å². The van der Waals surface area contributed by atoms with Gasteiger partial charge in [-0.2, -0.15) is 0 Å². The molecule has 1 saturated carbocycles. The first-order chi connectivity index (χ1) is 9.50. The summed E-state index contributed by atoms with van der Waals surface area (Å²) >= 11 is 9.71. The van der Waals surface area contributed by atoms with E-state index in [4.69, 9.17) is 16.6 Å². The second-order valence-corrected chi connectivity index (χ2v) is 7.76. The molecule has 2 aromatic rings. The standard InChI is InChI=1S/C16H20BrClN2/c1-16(2)7-3-4-12(9-16)20-14-8-11(17)5-6-13(14)19-15(20)10-18/h5-6,8,12H,3-4,7,9-10H2,1-2H3. The molecule has 1 heterocycles. The number of imidazole rings is 1. The quantitative estimate of drug-likeness (QED) is 0.634. The third-order valence-electron chi connectivity index (χ3n) is 4.39. The summed E-state index contributed by atoms with van der Waals surface area (Å²) in [6, 6.07) is 6.80. The molecule has 1 aromatic carbocycles. The van der Waals surface area contributed by atoms with Gasteiger partial charge in [-0.3, -0.25) is 0 Å². The highest BCUT2D eigenvalue weighted by atomic mass is 79.9. The largest absolute Gasteiger partial charge is 0.324 e. The molecule has 1 aromatic heterocycles. The van der Waals surface area contributed by atoms with Gasteiger partial charge in [-0.05, 0) is 42.9 Å². The Morgan fingerprint density at radius 1 is 1.45 bits per heavy atom. The van der Waals surface area contributed by atoms with Gasteiger partial charge >= 0.3 is 0 Å². The van der Waals surface area contributed by atoms with E-state index in [0.29, 0.717) is 17.3 Å². The minimum absolute atomic E-state index is 0.412. The van der Waals surface area contributed by atoms with Crippen LogP contribution in [-0.4, -0.2) is 9.55 Å². The van der Waals surface area contributed by atoms with Crippen LogP contribution in [-0.2, 0) is 5.88 Å². The second kappa shape index (κ2) is 5.34. The van der Waals surface area contributed by atoms with Crippen LogP contribution >= 0.6 is 27.5 Å². The van der Waals surface area contributed by atoms with Crippen molar-refractivity contribution in [2.75, 3.05) is 0 Å². The molecule has 0 amide bonds. The Bertz CT molecular complexity index is 633. The van der Waals surface area contributed by atoms with Crippen LogP contribution in [0.3, 0.4) is 0 Å². The van der Waals surface area contributed by atoms with Crippen molar-refractivity contribution in [3.05, 3.63) is 28.5 Å². The SMILES string of the molecule is CC1(C)CCCC(n2c(CCl)nc3ccc(Br)cc32)C1. The van der Waals surface area contributed by atoms with Crippen molar-refractivity contribution in [2.24, 2.45) is 5.41 Å². The number of benzene rings is 1. The average molecular weight is 356 g/mol. The number of hydrogen-bond acceptors (Lipinski definition) is 1. The molecule has 1 atom stereocenters. The molecule has 4 heteroatoms. The minimum atomic E-state index is 0.412. The van der Waals surface area contributed by atoms with Crippen LogP contribution in [0.4, 0.5) is 0 Å². The maximum atomic E-state index is 6.14. The maximum absolute atomic E-state index is 6.14. The van der Waals surface area contributed by atoms with Crippen molar-refractivity contribution in [1.82, 2.24) is 9.55 Å². The molecule has 0 aliphatic heterocycles. The van der Waals surface area contributed by atoms with E-state index in [2.05, 4.69) is 46.5 Å². The van der Waals surface area contributed by atoms with E-state index in [9.17, 15) is 0 Å². The molecule has 1 aliphatic carbocycles. The van der Waals surface area contributed by atoms with Crippen molar-refractivity contribution < 1.29 is 0 Å². The Kier molecular flexibility index (Phi) is 3.85. The van der Waals surface area contributed by atoms with E-state index in [0.717, 1.165) is 15.8 Å². The molecule has 1 aliphatic rings. The molecule has 1 fully saturated rings. The number of hydrogen-bond donors (Lipinski definition) is 0. The fraction of sp³-hybridized carbons (Fsp3) is 0.562. The molecule has 0 radical (unpaired) electrons. The van der Waals surface area contributed by atoms with Crippen molar-refractivity contribution in [1.29, 1.82) is 0 Å². The number of halogens is 2. The van der Waals surface area contributed by atoms with Gasteiger partial charge in [0.05, 0.1) is 16.9 Å². The Morgan fingerprint density at radius 2 is 2.25 bits per heavy atom. The summed E-state index contributed by atoms with van der Waals surface area (Å²) in [6.07, 6.45) is 5.03. The van der Waals surface area contributed by atoms with Gasteiger partial charge < -0.3 is 4.57 Å². The fourth-order valence-electron chi connectivity index (χ4n) is 3.50. The summed E-state index contributed by atoms with van der Waals surface area (Å²) in [5, 5.41) is 0. The highest BCUT2D eigenvalue weighted by Crippen LogP contribution is 2.42. The second-order valence-electron chi connectivity index (χ2n) is 6.58. The van der Waals surface area contributed by atoms with Gasteiger partial charge in [-0.1, -0.05) is 36.2 Å². The number of aromatic nitrogens is 2. The van der Waals surface area contributed by atoms with Gasteiger partial charge in [0.25, 0.3) is 0 Å². The lowest BCUT2D eigenvalue weighted by molar-refractivity contribution is 0.184. The summed E-state index contributed by atoms with van der Waals surface area (Å²) in [7, 11) is 0. The van der Waals surface area contributed by atoms with Crippen molar-refractivity contribution in [3.63, 3.8) is 0 Å². The summed E-state index contributed by atoms with van der Waals surface area (Å²) in [5.74, 6) is 1.48. The molecular formula is C16H20BrClN2. The zero-order valence-electron chi connectivity index (χ0n) is 12.0. The number of alkyl halides is 1. The predicted octanol–water partition coefficient (Wildman–Crippen LogP) is 5.68. The number of fused-ring (bicyclic) bond motifs is 1. The Hall–Kier alpha value is -0.540. The van der Waals surface area contributed by atoms with Crippen LogP contribution < -0.4 is 0 Å². The van der Waals surface area contributed by atoms with E-state index in [-0.39, 0.29) is 0 Å². The highest BCUT2D eigenvalue weighted by molar-refractivity contribution is 9.10. The molecular weight excluding hydrogens is 336 g/mol. The lowest BCUT2D eigenvalue weighted by Crippen LogP contribution is -2.25. The predicted molar refractivity (Wildman–Crippen MR) is 88.3 cm³/mol. The first-order valence-corrected chi connectivity index (χ1v) is 8.55. The molecule has 2 nitrogen and oxygen atoms in total. The van der Waals surface area contributed by atoms with Gasteiger partial charge in [-0.25, -0.2) is 4.98 Å². The van der Waals surface area contributed by atoms with Crippen LogP contribution in [0, 0.1) is 5.41 Å². The first-order valence-electron chi connectivity index (χ1n) is 7.22. The summed E-state index contributed by atoms with van der Waals surface area (Å²) in [4.78, 5) is 4.71. The topological polar surface area (TPSA) is 17.8 Å². The zero-order chi connectivity index (χ0) is 14.3. The van der Waals surface area contributed by atoms with Gasteiger partial charge in [0.2, 0.25) is 0 Å². The monoisotopic (exact) mass is 354 g/mol. The Balaban J connectivity index is 2.11. The third-order valence-corrected chi connectivity index (χ3v) is 5.12. The van der Waals surface area contributed by atoms with Gasteiger partial charge in [0.1, 0.15) is 5.82 Å². The molecule has 20 heavy (non-hydrogen) atoms. The van der Waals surface area contributed by atoms with Crippen LogP contribution in [0.15, 0.2) is 22.7 Å². The normalized spacial score (nSPS) is 22.3. The molecule has 0 saturated heterocycles. The van der Waals surface area contributed by atoms with Gasteiger partial charge in [-0.15, -0.1) is 11.6 Å². The lowest BCUT2D eigenvalue weighted by atomic mass is 9.75. The van der Waals surface area contributed by atoms with Crippen LogP contribution in [0.2, 0.25) is 0 Å². The zero-order valence-corrected chi connectivity index (χ0v) is 14.3. The smallest absolute Gasteiger partial charge is 0.125 e. The van der Waals surface area contributed by atoms with Crippen LogP contribution in [0.5, 0.6) is 0 Å². The molecule has 1 unspecified atom stereocenters. The molecule has 0 spiro atoms. The van der Waals surface area contributed by atoms with Crippen molar-refractivity contribution in [2.45, 2.75) is 51.5 Å². The molecule has 3 rings (SSSR count). The molecule has 0 bridgehead atoms. The Morgan fingerprint density at radius 3 is 2.95 bits per heavy atom. The van der Waals surface area contributed by atoms with E-state index < -0.39 is 0 Å². The first kappa shape index (κ1) is 14.4. The third kappa shape index (κ3) is 2.62. The van der Waals surface area contributed by atoms with Crippen LogP contribution in [0.25, 0.3) is 11.0 Å². The minimum Gasteiger partial charge on any atom is -0.324 e. The van der Waals surface area contributed by atoms with Crippen molar-refractivity contribution in [3.8, 4) is 0 Å². The summed E-state index contributed by atoms with van der Waals surface area (Å²) in [5.41, 5.74) is 2.67. The molecule has 0 N–H and O–H groups in total. The van der Waals surface area contributed by atoms with Gasteiger partial charge in [0.15, 0.2) is 0 Å². The summed E-state index contributed by atoms with van der Waals surface area (Å²) in [6.45, 7) is 4.74. The van der Waals surface area contributed by atoms with E-state index in [1.165, 1.54) is 31.2 Å².